The molecule has 1 aliphatic heterocycles. The first-order valence-corrected chi connectivity index (χ1v) is 7.53. The first-order valence-electron chi connectivity index (χ1n) is 6.31. The zero-order chi connectivity index (χ0) is 12.1. The summed E-state index contributed by atoms with van der Waals surface area (Å²) in [5.74, 6) is 1.59. The highest BCUT2D eigenvalue weighted by molar-refractivity contribution is 7.98. The first-order chi connectivity index (χ1) is 8.29. The summed E-state index contributed by atoms with van der Waals surface area (Å²) in [6.45, 7) is 4.45. The molecule has 0 spiro atoms. The molecule has 0 aromatic heterocycles. The second-order valence-corrected chi connectivity index (χ2v) is 5.54. The summed E-state index contributed by atoms with van der Waals surface area (Å²) in [5, 5.41) is 3.45. The van der Waals surface area contributed by atoms with Gasteiger partial charge in [0.2, 0.25) is 0 Å². The minimum atomic E-state index is 0.349. The number of hydrogen-bond acceptors (Lipinski definition) is 3. The van der Waals surface area contributed by atoms with Crippen LogP contribution in [0.1, 0.15) is 19.8 Å². The molecule has 0 saturated carbocycles. The first kappa shape index (κ1) is 12.8. The van der Waals surface area contributed by atoms with Gasteiger partial charge in [-0.15, -0.1) is 11.8 Å². The van der Waals surface area contributed by atoms with Crippen LogP contribution < -0.4 is 10.1 Å². The summed E-state index contributed by atoms with van der Waals surface area (Å²) < 4.78 is 6.14. The predicted octanol–water partition coefficient (Wildman–Crippen LogP) is 3.18. The SMILES string of the molecule is CSc1cccc(OC2CCCNCC2C)c1. The number of benzene rings is 1. The van der Waals surface area contributed by atoms with Gasteiger partial charge in [-0.1, -0.05) is 13.0 Å². The van der Waals surface area contributed by atoms with Crippen LogP contribution in [0, 0.1) is 5.92 Å². The van der Waals surface area contributed by atoms with Crippen molar-refractivity contribution in [1.82, 2.24) is 5.32 Å². The van der Waals surface area contributed by atoms with Gasteiger partial charge in [-0.3, -0.25) is 0 Å². The average molecular weight is 251 g/mol. The minimum absolute atomic E-state index is 0.349. The fourth-order valence-electron chi connectivity index (χ4n) is 2.20. The van der Waals surface area contributed by atoms with Crippen LogP contribution in [0.25, 0.3) is 0 Å². The van der Waals surface area contributed by atoms with Crippen molar-refractivity contribution in [2.75, 3.05) is 19.3 Å². The van der Waals surface area contributed by atoms with Crippen molar-refractivity contribution in [2.45, 2.75) is 30.8 Å². The second kappa shape index (κ2) is 6.31. The summed E-state index contributed by atoms with van der Waals surface area (Å²) in [6, 6.07) is 8.39. The summed E-state index contributed by atoms with van der Waals surface area (Å²) in [4.78, 5) is 1.27. The fraction of sp³-hybridized carbons (Fsp3) is 0.571. The lowest BCUT2D eigenvalue weighted by Crippen LogP contribution is -2.29. The van der Waals surface area contributed by atoms with Gasteiger partial charge in [-0.05, 0) is 43.8 Å². The Balaban J connectivity index is 2.02. The number of thioether (sulfide) groups is 1. The maximum absolute atomic E-state index is 6.14. The Bertz CT molecular complexity index is 356. The van der Waals surface area contributed by atoms with Crippen molar-refractivity contribution in [2.24, 2.45) is 5.92 Å². The van der Waals surface area contributed by atoms with E-state index in [4.69, 9.17) is 4.74 Å². The van der Waals surface area contributed by atoms with Crippen molar-refractivity contribution in [1.29, 1.82) is 0 Å². The third-order valence-electron chi connectivity index (χ3n) is 3.27. The van der Waals surface area contributed by atoms with E-state index in [1.807, 2.05) is 0 Å². The van der Waals surface area contributed by atoms with Crippen LogP contribution in [0.5, 0.6) is 5.75 Å². The molecule has 2 unspecified atom stereocenters. The molecule has 0 bridgehead atoms. The van der Waals surface area contributed by atoms with E-state index < -0.39 is 0 Å². The van der Waals surface area contributed by atoms with Gasteiger partial charge in [0.05, 0.1) is 0 Å². The van der Waals surface area contributed by atoms with E-state index in [2.05, 4.69) is 42.8 Å². The quantitative estimate of drug-likeness (QED) is 0.834. The summed E-state index contributed by atoms with van der Waals surface area (Å²) in [6.07, 6.45) is 4.80. The standard InChI is InChI=1S/C14H21NOS/c1-11-10-15-8-4-7-14(11)16-12-5-3-6-13(9-12)17-2/h3,5-6,9,11,14-15H,4,7-8,10H2,1-2H3. The highest BCUT2D eigenvalue weighted by Crippen LogP contribution is 2.24. The zero-order valence-electron chi connectivity index (χ0n) is 10.6. The number of nitrogens with one attached hydrogen (secondary N) is 1. The summed E-state index contributed by atoms with van der Waals surface area (Å²) in [5.41, 5.74) is 0. The maximum Gasteiger partial charge on any atom is 0.120 e. The second-order valence-electron chi connectivity index (χ2n) is 4.66. The van der Waals surface area contributed by atoms with E-state index in [1.54, 1.807) is 11.8 Å². The van der Waals surface area contributed by atoms with Gasteiger partial charge in [0.15, 0.2) is 0 Å². The van der Waals surface area contributed by atoms with Crippen molar-refractivity contribution >= 4 is 11.8 Å². The molecule has 1 aromatic carbocycles. The van der Waals surface area contributed by atoms with E-state index in [1.165, 1.54) is 11.3 Å². The highest BCUT2D eigenvalue weighted by atomic mass is 32.2. The Morgan fingerprint density at radius 1 is 1.41 bits per heavy atom. The van der Waals surface area contributed by atoms with Gasteiger partial charge >= 0.3 is 0 Å². The van der Waals surface area contributed by atoms with Crippen molar-refractivity contribution < 1.29 is 4.74 Å². The van der Waals surface area contributed by atoms with Gasteiger partial charge in [-0.25, -0.2) is 0 Å². The molecule has 94 valence electrons. The molecule has 1 heterocycles. The van der Waals surface area contributed by atoms with Crippen molar-refractivity contribution in [3.63, 3.8) is 0 Å². The van der Waals surface area contributed by atoms with Crippen molar-refractivity contribution in [3.05, 3.63) is 24.3 Å². The van der Waals surface area contributed by atoms with Crippen LogP contribution in [0.2, 0.25) is 0 Å². The maximum atomic E-state index is 6.14. The average Bonchev–Trinajstić information content (AvgIpc) is 2.55. The lowest BCUT2D eigenvalue weighted by atomic mass is 10.0. The highest BCUT2D eigenvalue weighted by Gasteiger charge is 2.21. The fourth-order valence-corrected chi connectivity index (χ4v) is 2.65. The largest absolute Gasteiger partial charge is 0.490 e. The summed E-state index contributed by atoms with van der Waals surface area (Å²) >= 11 is 1.76. The van der Waals surface area contributed by atoms with Crippen LogP contribution in [0.3, 0.4) is 0 Å². The molecular weight excluding hydrogens is 230 g/mol. The van der Waals surface area contributed by atoms with Gasteiger partial charge in [0, 0.05) is 17.4 Å². The predicted molar refractivity (Wildman–Crippen MR) is 73.9 cm³/mol. The Labute approximate surface area is 108 Å². The third kappa shape index (κ3) is 3.65. The smallest absolute Gasteiger partial charge is 0.120 e. The normalized spacial score (nSPS) is 25.3. The monoisotopic (exact) mass is 251 g/mol. The molecule has 0 aliphatic carbocycles. The Hall–Kier alpha value is -0.670. The molecule has 1 fully saturated rings. The van der Waals surface area contributed by atoms with Gasteiger partial charge in [0.1, 0.15) is 11.9 Å². The molecule has 0 amide bonds. The molecule has 17 heavy (non-hydrogen) atoms. The van der Waals surface area contributed by atoms with Crippen LogP contribution >= 0.6 is 11.8 Å². The molecular formula is C14H21NOS. The zero-order valence-corrected chi connectivity index (χ0v) is 11.4. The van der Waals surface area contributed by atoms with E-state index in [-0.39, 0.29) is 0 Å². The molecule has 0 radical (unpaired) electrons. The Kier molecular flexibility index (Phi) is 4.75. The van der Waals surface area contributed by atoms with Crippen LogP contribution in [0.15, 0.2) is 29.2 Å². The lowest BCUT2D eigenvalue weighted by molar-refractivity contribution is 0.140. The topological polar surface area (TPSA) is 21.3 Å². The molecule has 1 aliphatic rings. The van der Waals surface area contributed by atoms with E-state index in [0.717, 1.165) is 25.3 Å². The lowest BCUT2D eigenvalue weighted by Gasteiger charge is -2.23. The van der Waals surface area contributed by atoms with Crippen LogP contribution in [-0.2, 0) is 0 Å². The number of rotatable bonds is 3. The molecule has 3 heteroatoms. The Morgan fingerprint density at radius 3 is 3.12 bits per heavy atom. The van der Waals surface area contributed by atoms with E-state index >= 15 is 0 Å². The molecule has 1 N–H and O–H groups in total. The number of ether oxygens (including phenoxy) is 1. The van der Waals surface area contributed by atoms with Crippen LogP contribution in [-0.4, -0.2) is 25.4 Å². The third-order valence-corrected chi connectivity index (χ3v) is 4.00. The Morgan fingerprint density at radius 2 is 2.29 bits per heavy atom. The van der Waals surface area contributed by atoms with E-state index in [9.17, 15) is 0 Å². The van der Waals surface area contributed by atoms with Crippen LogP contribution in [0.4, 0.5) is 0 Å². The van der Waals surface area contributed by atoms with E-state index in [0.29, 0.717) is 12.0 Å². The van der Waals surface area contributed by atoms with Gasteiger partial charge in [-0.2, -0.15) is 0 Å². The minimum Gasteiger partial charge on any atom is -0.490 e. The molecule has 2 nitrogen and oxygen atoms in total. The summed E-state index contributed by atoms with van der Waals surface area (Å²) in [7, 11) is 0. The van der Waals surface area contributed by atoms with Crippen molar-refractivity contribution in [3.8, 4) is 5.75 Å². The molecule has 1 saturated heterocycles. The number of hydrogen-bond donors (Lipinski definition) is 1. The molecule has 1 aromatic rings. The molecule has 2 rings (SSSR count). The van der Waals surface area contributed by atoms with Gasteiger partial charge in [0.25, 0.3) is 0 Å². The molecule has 2 atom stereocenters. The van der Waals surface area contributed by atoms with Gasteiger partial charge < -0.3 is 10.1 Å².